The number of benzene rings is 1. The van der Waals surface area contributed by atoms with Crippen LogP contribution in [0.4, 0.5) is 13.2 Å². The lowest BCUT2D eigenvalue weighted by Gasteiger charge is -2.38. The molecule has 162 valence electrons. The van der Waals surface area contributed by atoms with Crippen molar-refractivity contribution in [3.05, 3.63) is 52.6 Å². The van der Waals surface area contributed by atoms with Gasteiger partial charge in [0.15, 0.2) is 11.6 Å². The molecule has 3 aliphatic heterocycles. The Morgan fingerprint density at radius 2 is 1.80 bits per heavy atom. The Morgan fingerprint density at radius 1 is 1.07 bits per heavy atom. The van der Waals surface area contributed by atoms with Crippen molar-refractivity contribution < 1.29 is 31.1 Å². The van der Waals surface area contributed by atoms with E-state index >= 15 is 0 Å². The normalized spacial score (nSPS) is 29.2. The van der Waals surface area contributed by atoms with Crippen LogP contribution < -0.4 is 5.73 Å². The van der Waals surface area contributed by atoms with E-state index in [1.54, 1.807) is 0 Å². The fraction of sp³-hybridized carbons (Fsp3) is 0.500. The maximum atomic E-state index is 14.1. The summed E-state index contributed by atoms with van der Waals surface area (Å²) in [6.07, 6.45) is 1.06. The number of rotatable bonds is 4. The van der Waals surface area contributed by atoms with Gasteiger partial charge in [0.2, 0.25) is 5.44 Å². The second kappa shape index (κ2) is 7.02. The summed E-state index contributed by atoms with van der Waals surface area (Å²) in [4.78, 5) is 2.06. The number of nitrogens with two attached hydrogens (primary N) is 1. The monoisotopic (exact) mass is 444 g/mol. The van der Waals surface area contributed by atoms with E-state index in [4.69, 9.17) is 15.2 Å². The predicted molar refractivity (Wildman–Crippen MR) is 96.9 cm³/mol. The maximum Gasteiger partial charge on any atom is 0.283 e. The number of epoxide rings is 1. The minimum atomic E-state index is -3.62. The van der Waals surface area contributed by atoms with E-state index < -0.39 is 45.1 Å². The number of aromatic nitrogens is 2. The van der Waals surface area contributed by atoms with Crippen LogP contribution in [0.15, 0.2) is 18.3 Å². The molecule has 0 aliphatic carbocycles. The molecule has 4 atom stereocenters. The summed E-state index contributed by atoms with van der Waals surface area (Å²) in [5.41, 5.74) is 6.70. The molecule has 2 aromatic rings. The standard InChI is InChI=1S/C18H19F3N4O4S/c19-12-3-14(21)13(20)2-11(12)18-15(22)1-10(7-29-18)24-4-9-5-25(23-16(9)6-24)30(26,27)17-8-28-17/h2-3,5,10,15,17-18H,1,4,6-8,22H2/t10-,15+,17?,18-/m1/s1. The first-order valence-corrected chi connectivity index (χ1v) is 10.9. The minimum Gasteiger partial charge on any atom is -0.370 e. The zero-order valence-corrected chi connectivity index (χ0v) is 16.5. The molecule has 0 radical (unpaired) electrons. The first-order chi connectivity index (χ1) is 14.2. The van der Waals surface area contributed by atoms with Crippen LogP contribution in [-0.4, -0.2) is 53.2 Å². The molecular weight excluding hydrogens is 425 g/mol. The highest BCUT2D eigenvalue weighted by Gasteiger charge is 2.42. The molecule has 2 fully saturated rings. The molecule has 1 aromatic carbocycles. The quantitative estimate of drug-likeness (QED) is 0.555. The molecule has 12 heteroatoms. The molecule has 5 rings (SSSR count). The third kappa shape index (κ3) is 3.32. The molecule has 2 saturated heterocycles. The van der Waals surface area contributed by atoms with Gasteiger partial charge in [-0.2, -0.15) is 9.19 Å². The molecular formula is C18H19F3N4O4S. The van der Waals surface area contributed by atoms with E-state index in [0.717, 1.165) is 15.7 Å². The highest BCUT2D eigenvalue weighted by atomic mass is 32.2. The van der Waals surface area contributed by atoms with Gasteiger partial charge in [0.05, 0.1) is 18.9 Å². The Bertz CT molecular complexity index is 1080. The number of fused-ring (bicyclic) bond motifs is 1. The molecule has 0 bridgehead atoms. The lowest BCUT2D eigenvalue weighted by atomic mass is 9.93. The molecule has 4 heterocycles. The van der Waals surface area contributed by atoms with E-state index in [1.807, 2.05) is 0 Å². The van der Waals surface area contributed by atoms with Gasteiger partial charge in [0.25, 0.3) is 10.0 Å². The van der Waals surface area contributed by atoms with Gasteiger partial charge >= 0.3 is 0 Å². The van der Waals surface area contributed by atoms with E-state index in [1.165, 1.54) is 6.20 Å². The molecule has 30 heavy (non-hydrogen) atoms. The van der Waals surface area contributed by atoms with Gasteiger partial charge < -0.3 is 15.2 Å². The van der Waals surface area contributed by atoms with Gasteiger partial charge in [0, 0.05) is 48.6 Å². The number of nitrogens with zero attached hydrogens (tertiary/aromatic N) is 3. The van der Waals surface area contributed by atoms with Crippen LogP contribution in [0.1, 0.15) is 29.3 Å². The van der Waals surface area contributed by atoms with Gasteiger partial charge in [0.1, 0.15) is 11.9 Å². The summed E-state index contributed by atoms with van der Waals surface area (Å²) in [6.45, 7) is 1.29. The Hall–Kier alpha value is -1.99. The molecule has 0 saturated carbocycles. The highest BCUT2D eigenvalue weighted by molar-refractivity contribution is 7.90. The lowest BCUT2D eigenvalue weighted by Crippen LogP contribution is -2.47. The fourth-order valence-electron chi connectivity index (χ4n) is 4.05. The van der Waals surface area contributed by atoms with Gasteiger partial charge in [-0.3, -0.25) is 4.90 Å². The van der Waals surface area contributed by atoms with E-state index in [0.29, 0.717) is 31.3 Å². The van der Waals surface area contributed by atoms with Gasteiger partial charge in [-0.15, -0.1) is 0 Å². The van der Waals surface area contributed by atoms with Crippen molar-refractivity contribution >= 4 is 10.0 Å². The van der Waals surface area contributed by atoms with Crippen molar-refractivity contribution in [1.29, 1.82) is 0 Å². The Labute approximate surface area is 170 Å². The number of ether oxygens (including phenoxy) is 2. The Balaban J connectivity index is 1.26. The number of hydrogen-bond acceptors (Lipinski definition) is 7. The van der Waals surface area contributed by atoms with Crippen LogP contribution in [0, 0.1) is 17.5 Å². The summed E-state index contributed by atoms with van der Waals surface area (Å²) in [6, 6.07) is 0.554. The van der Waals surface area contributed by atoms with Crippen molar-refractivity contribution in [2.24, 2.45) is 5.73 Å². The second-order valence-electron chi connectivity index (χ2n) is 7.78. The van der Waals surface area contributed by atoms with Crippen molar-refractivity contribution in [1.82, 2.24) is 14.1 Å². The van der Waals surface area contributed by atoms with Crippen LogP contribution in [0.3, 0.4) is 0 Å². The summed E-state index contributed by atoms with van der Waals surface area (Å²) >= 11 is 0. The van der Waals surface area contributed by atoms with Crippen molar-refractivity contribution in [2.75, 3.05) is 13.2 Å². The van der Waals surface area contributed by atoms with E-state index in [9.17, 15) is 21.6 Å². The number of hydrogen-bond donors (Lipinski definition) is 1. The zero-order chi connectivity index (χ0) is 21.2. The molecule has 0 amide bonds. The first-order valence-electron chi connectivity index (χ1n) is 9.43. The smallest absolute Gasteiger partial charge is 0.283 e. The summed E-state index contributed by atoms with van der Waals surface area (Å²) < 4.78 is 76.8. The van der Waals surface area contributed by atoms with Crippen molar-refractivity contribution in [3.8, 4) is 0 Å². The van der Waals surface area contributed by atoms with Crippen LogP contribution in [0.25, 0.3) is 0 Å². The largest absolute Gasteiger partial charge is 0.370 e. The topological polar surface area (TPSA) is 103 Å². The third-order valence-corrected chi connectivity index (χ3v) is 7.39. The summed E-state index contributed by atoms with van der Waals surface area (Å²) in [5.74, 6) is -3.32. The minimum absolute atomic E-state index is 0.101. The molecule has 3 aliphatic rings. The van der Waals surface area contributed by atoms with Crippen molar-refractivity contribution in [2.45, 2.75) is 43.1 Å². The summed E-state index contributed by atoms with van der Waals surface area (Å²) in [7, 11) is -3.62. The van der Waals surface area contributed by atoms with Gasteiger partial charge in [-0.25, -0.2) is 21.6 Å². The molecule has 1 unspecified atom stereocenters. The van der Waals surface area contributed by atoms with Crippen molar-refractivity contribution in [3.63, 3.8) is 0 Å². The average Bonchev–Trinajstić information content (AvgIpc) is 3.36. The Kier molecular flexibility index (Phi) is 4.67. The van der Waals surface area contributed by atoms with Gasteiger partial charge in [-0.1, -0.05) is 0 Å². The molecule has 0 spiro atoms. The molecule has 1 aromatic heterocycles. The van der Waals surface area contributed by atoms with Crippen LogP contribution in [-0.2, 0) is 32.6 Å². The Morgan fingerprint density at radius 3 is 2.47 bits per heavy atom. The van der Waals surface area contributed by atoms with Crippen LogP contribution >= 0.6 is 0 Å². The first kappa shape index (κ1) is 19.9. The SMILES string of the molecule is N[C@H]1C[C@@H](N2Cc3cn(S(=O)(=O)C4CO4)nc3C2)CO[C@@H]1c1cc(F)c(F)cc1F. The maximum absolute atomic E-state index is 14.1. The molecule has 2 N–H and O–H groups in total. The third-order valence-electron chi connectivity index (χ3n) is 5.74. The number of halogens is 3. The lowest BCUT2D eigenvalue weighted by molar-refractivity contribution is -0.0533. The second-order valence-corrected chi connectivity index (χ2v) is 9.71. The fourth-order valence-corrected chi connectivity index (χ4v) is 5.20. The highest BCUT2D eigenvalue weighted by Crippen LogP contribution is 2.34. The molecule has 8 nitrogen and oxygen atoms in total. The van der Waals surface area contributed by atoms with Gasteiger partial charge in [-0.05, 0) is 12.5 Å². The van der Waals surface area contributed by atoms with E-state index in [-0.39, 0.29) is 24.8 Å². The van der Waals surface area contributed by atoms with E-state index in [2.05, 4.69) is 10.00 Å². The average molecular weight is 444 g/mol. The summed E-state index contributed by atoms with van der Waals surface area (Å²) in [5, 5.41) is 4.19. The van der Waals surface area contributed by atoms with Crippen LogP contribution in [0.2, 0.25) is 0 Å². The predicted octanol–water partition coefficient (Wildman–Crippen LogP) is 1.01. The zero-order valence-electron chi connectivity index (χ0n) is 15.7. The van der Waals surface area contributed by atoms with Crippen LogP contribution in [0.5, 0.6) is 0 Å².